The number of halogens is 2. The largest absolute Gasteiger partial charge is 0.420 e. The van der Waals surface area contributed by atoms with Crippen LogP contribution in [0.15, 0.2) is 4.42 Å². The van der Waals surface area contributed by atoms with Gasteiger partial charge < -0.3 is 9.21 Å². The first-order valence-electron chi connectivity index (χ1n) is 3.28. The van der Waals surface area contributed by atoms with E-state index in [0.29, 0.717) is 6.29 Å². The van der Waals surface area contributed by atoms with Crippen molar-refractivity contribution in [3.05, 3.63) is 11.8 Å². The second kappa shape index (κ2) is 3.89. The Morgan fingerprint density at radius 3 is 2.75 bits per heavy atom. The molecule has 1 aromatic heterocycles. The number of alkyl halides is 2. The smallest absolute Gasteiger partial charge is 0.314 e. The molecule has 0 aliphatic carbocycles. The molecule has 12 heavy (non-hydrogen) atoms. The van der Waals surface area contributed by atoms with Crippen LogP contribution in [0.4, 0.5) is 8.78 Å². The van der Waals surface area contributed by atoms with Crippen LogP contribution in [0.3, 0.4) is 0 Å². The molecule has 0 spiro atoms. The minimum atomic E-state index is -2.75. The van der Waals surface area contributed by atoms with Crippen LogP contribution in [-0.4, -0.2) is 16.5 Å². The number of hydrogen-bond acceptors (Lipinski definition) is 4. The first-order valence-corrected chi connectivity index (χ1v) is 3.28. The van der Waals surface area contributed by atoms with Crippen LogP contribution in [0.1, 0.15) is 24.6 Å². The van der Waals surface area contributed by atoms with Gasteiger partial charge in [0.1, 0.15) is 6.29 Å². The standard InChI is InChI=1S/C6H6F2N2O2/c7-5(8)6-10-9-4(12-6)2-1-3-11/h3,5H,1-2H2. The van der Waals surface area contributed by atoms with Crippen molar-refractivity contribution in [1.82, 2.24) is 10.2 Å². The summed E-state index contributed by atoms with van der Waals surface area (Å²) in [4.78, 5) is 9.88. The molecule has 0 bridgehead atoms. The molecule has 0 saturated heterocycles. The topological polar surface area (TPSA) is 56.0 Å². The lowest BCUT2D eigenvalue weighted by Gasteiger charge is -1.87. The summed E-state index contributed by atoms with van der Waals surface area (Å²) in [5.41, 5.74) is 0. The Morgan fingerprint density at radius 2 is 2.25 bits per heavy atom. The molecule has 6 heteroatoms. The predicted octanol–water partition coefficient (Wildman–Crippen LogP) is 1.14. The zero-order valence-electron chi connectivity index (χ0n) is 6.04. The fourth-order valence-corrected chi connectivity index (χ4v) is 0.638. The van der Waals surface area contributed by atoms with E-state index in [4.69, 9.17) is 0 Å². The van der Waals surface area contributed by atoms with Gasteiger partial charge in [0.05, 0.1) is 0 Å². The summed E-state index contributed by atoms with van der Waals surface area (Å²) in [5.74, 6) is -0.631. The summed E-state index contributed by atoms with van der Waals surface area (Å²) in [6.07, 6.45) is -1.68. The van der Waals surface area contributed by atoms with Crippen molar-refractivity contribution in [2.75, 3.05) is 0 Å². The number of nitrogens with zero attached hydrogens (tertiary/aromatic N) is 2. The SMILES string of the molecule is O=CCCc1nnc(C(F)F)o1. The van der Waals surface area contributed by atoms with Crippen molar-refractivity contribution in [3.8, 4) is 0 Å². The van der Waals surface area contributed by atoms with Crippen LogP contribution in [0.5, 0.6) is 0 Å². The highest BCUT2D eigenvalue weighted by Crippen LogP contribution is 2.16. The van der Waals surface area contributed by atoms with Gasteiger partial charge in [0.25, 0.3) is 5.89 Å². The fourth-order valence-electron chi connectivity index (χ4n) is 0.638. The van der Waals surface area contributed by atoms with Crippen molar-refractivity contribution in [3.63, 3.8) is 0 Å². The quantitative estimate of drug-likeness (QED) is 0.645. The maximum Gasteiger partial charge on any atom is 0.314 e. The highest BCUT2D eigenvalue weighted by Gasteiger charge is 2.15. The summed E-state index contributed by atoms with van der Waals surface area (Å²) in [6, 6.07) is 0. The third-order valence-corrected chi connectivity index (χ3v) is 1.15. The van der Waals surface area contributed by atoms with E-state index in [9.17, 15) is 13.6 Å². The fraction of sp³-hybridized carbons (Fsp3) is 0.500. The van der Waals surface area contributed by atoms with Crippen molar-refractivity contribution < 1.29 is 18.0 Å². The van der Waals surface area contributed by atoms with Crippen molar-refractivity contribution >= 4 is 6.29 Å². The molecule has 0 saturated carbocycles. The van der Waals surface area contributed by atoms with Gasteiger partial charge in [-0.05, 0) is 0 Å². The molecule has 66 valence electrons. The second-order valence-corrected chi connectivity index (χ2v) is 2.04. The van der Waals surface area contributed by atoms with Gasteiger partial charge in [0.2, 0.25) is 5.89 Å². The summed E-state index contributed by atoms with van der Waals surface area (Å²) in [5, 5.41) is 6.41. The third kappa shape index (κ3) is 2.08. The maximum atomic E-state index is 11.8. The van der Waals surface area contributed by atoms with Gasteiger partial charge in [-0.1, -0.05) is 0 Å². The first kappa shape index (κ1) is 8.76. The van der Waals surface area contributed by atoms with E-state index in [-0.39, 0.29) is 18.7 Å². The summed E-state index contributed by atoms with van der Waals surface area (Å²) in [6.45, 7) is 0. The minimum Gasteiger partial charge on any atom is -0.420 e. The Hall–Kier alpha value is -1.33. The number of carbonyl (C=O) groups is 1. The monoisotopic (exact) mass is 176 g/mol. The number of aldehydes is 1. The molecular weight excluding hydrogens is 170 g/mol. The molecule has 0 amide bonds. The summed E-state index contributed by atoms with van der Waals surface area (Å²) >= 11 is 0. The Kier molecular flexibility index (Phi) is 2.84. The van der Waals surface area contributed by atoms with Crippen molar-refractivity contribution in [2.45, 2.75) is 19.3 Å². The Balaban J connectivity index is 2.58. The molecule has 4 nitrogen and oxygen atoms in total. The van der Waals surface area contributed by atoms with E-state index in [1.165, 1.54) is 0 Å². The van der Waals surface area contributed by atoms with Crippen LogP contribution in [-0.2, 0) is 11.2 Å². The lowest BCUT2D eigenvalue weighted by molar-refractivity contribution is -0.107. The zero-order valence-corrected chi connectivity index (χ0v) is 6.04. The van der Waals surface area contributed by atoms with Crippen molar-refractivity contribution in [2.24, 2.45) is 0 Å². The highest BCUT2D eigenvalue weighted by molar-refractivity contribution is 5.49. The maximum absolute atomic E-state index is 11.8. The molecule has 0 N–H and O–H groups in total. The van der Waals surface area contributed by atoms with Crippen LogP contribution >= 0.6 is 0 Å². The lowest BCUT2D eigenvalue weighted by Crippen LogP contribution is -1.85. The Labute approximate surface area is 66.6 Å². The van der Waals surface area contributed by atoms with Crippen LogP contribution < -0.4 is 0 Å². The van der Waals surface area contributed by atoms with Gasteiger partial charge in [-0.25, -0.2) is 0 Å². The molecule has 1 aromatic rings. The molecular formula is C6H6F2N2O2. The van der Waals surface area contributed by atoms with Crippen LogP contribution in [0.25, 0.3) is 0 Å². The number of aryl methyl sites for hydroxylation is 1. The number of carbonyl (C=O) groups excluding carboxylic acids is 1. The average molecular weight is 176 g/mol. The van der Waals surface area contributed by atoms with Crippen LogP contribution in [0, 0.1) is 0 Å². The first-order chi connectivity index (χ1) is 5.74. The van der Waals surface area contributed by atoms with E-state index < -0.39 is 12.3 Å². The highest BCUT2D eigenvalue weighted by atomic mass is 19.3. The van der Waals surface area contributed by atoms with Gasteiger partial charge in [-0.15, -0.1) is 10.2 Å². The molecule has 0 atom stereocenters. The zero-order chi connectivity index (χ0) is 8.97. The molecule has 1 heterocycles. The normalized spacial score (nSPS) is 10.6. The molecule has 0 radical (unpaired) electrons. The predicted molar refractivity (Wildman–Crippen MR) is 33.6 cm³/mol. The third-order valence-electron chi connectivity index (χ3n) is 1.15. The Morgan fingerprint density at radius 1 is 1.50 bits per heavy atom. The molecule has 0 aliphatic rings. The summed E-state index contributed by atoms with van der Waals surface area (Å²) < 4.78 is 28.2. The number of aromatic nitrogens is 2. The molecule has 0 unspecified atom stereocenters. The number of rotatable bonds is 4. The van der Waals surface area contributed by atoms with Crippen molar-refractivity contribution in [1.29, 1.82) is 0 Å². The lowest BCUT2D eigenvalue weighted by atomic mass is 10.3. The van der Waals surface area contributed by atoms with Gasteiger partial charge in [-0.3, -0.25) is 0 Å². The molecule has 1 rings (SSSR count). The van der Waals surface area contributed by atoms with Gasteiger partial charge in [0, 0.05) is 12.8 Å². The van der Waals surface area contributed by atoms with Gasteiger partial charge >= 0.3 is 6.43 Å². The van der Waals surface area contributed by atoms with Crippen LogP contribution in [0.2, 0.25) is 0 Å². The molecule has 0 aliphatic heterocycles. The average Bonchev–Trinajstić information content (AvgIpc) is 2.48. The Bertz CT molecular complexity index is 262. The van der Waals surface area contributed by atoms with Gasteiger partial charge in [0.15, 0.2) is 0 Å². The van der Waals surface area contributed by atoms with E-state index >= 15 is 0 Å². The summed E-state index contributed by atoms with van der Waals surface area (Å²) in [7, 11) is 0. The second-order valence-electron chi connectivity index (χ2n) is 2.04. The van der Waals surface area contributed by atoms with E-state index in [0.717, 1.165) is 0 Å². The minimum absolute atomic E-state index is 0.0670. The molecule has 0 aromatic carbocycles. The van der Waals surface area contributed by atoms with E-state index in [1.807, 2.05) is 0 Å². The molecule has 0 fully saturated rings. The van der Waals surface area contributed by atoms with Gasteiger partial charge in [-0.2, -0.15) is 8.78 Å². The van der Waals surface area contributed by atoms with E-state index in [1.54, 1.807) is 0 Å². The van der Waals surface area contributed by atoms with E-state index in [2.05, 4.69) is 14.6 Å². The number of hydrogen-bond donors (Lipinski definition) is 0.